The molecule has 5 heteroatoms. The lowest BCUT2D eigenvalue weighted by molar-refractivity contribution is 0.0292. The fourth-order valence-corrected chi connectivity index (χ4v) is 3.66. The van der Waals surface area contributed by atoms with Crippen LogP contribution in [0.5, 0.6) is 0 Å². The average molecular weight is 405 g/mol. The fraction of sp³-hybridized carbons (Fsp3) is 0.533. The number of carbonyl (C=O) groups excluding carboxylic acids is 1. The molecule has 1 fully saturated rings. The maximum atomic E-state index is 12.1. The highest BCUT2D eigenvalue weighted by Gasteiger charge is 2.30. The van der Waals surface area contributed by atoms with E-state index in [1.54, 1.807) is 4.90 Å². The van der Waals surface area contributed by atoms with Crippen LogP contribution in [0, 0.1) is 0 Å². The van der Waals surface area contributed by atoms with Gasteiger partial charge >= 0.3 is 6.09 Å². The van der Waals surface area contributed by atoms with Gasteiger partial charge in [-0.05, 0) is 51.0 Å². The van der Waals surface area contributed by atoms with Crippen LogP contribution < -0.4 is 0 Å². The summed E-state index contributed by atoms with van der Waals surface area (Å²) in [5.41, 5.74) is 0.811. The molecule has 1 aromatic carbocycles. The van der Waals surface area contributed by atoms with Crippen molar-refractivity contribution in [2.24, 2.45) is 0 Å². The summed E-state index contributed by atoms with van der Waals surface area (Å²) in [5.74, 6) is 0.372. The molecule has 0 radical (unpaired) electrons. The van der Waals surface area contributed by atoms with Crippen LogP contribution in [0.3, 0.4) is 0 Å². The Kier molecular flexibility index (Phi) is 4.80. The number of benzene rings is 1. The van der Waals surface area contributed by atoms with Crippen molar-refractivity contribution in [3.05, 3.63) is 32.7 Å². The maximum absolute atomic E-state index is 12.1. The van der Waals surface area contributed by atoms with Crippen LogP contribution in [-0.4, -0.2) is 29.7 Å². The fourth-order valence-electron chi connectivity index (χ4n) is 2.34. The molecule has 0 spiro atoms. The van der Waals surface area contributed by atoms with E-state index >= 15 is 0 Å². The number of amides is 1. The van der Waals surface area contributed by atoms with E-state index in [2.05, 4.69) is 44.0 Å². The van der Waals surface area contributed by atoms with Gasteiger partial charge in [0.2, 0.25) is 0 Å². The molecule has 20 heavy (non-hydrogen) atoms. The molecule has 1 aliphatic rings. The first-order valence-electron chi connectivity index (χ1n) is 6.68. The van der Waals surface area contributed by atoms with Crippen LogP contribution in [-0.2, 0) is 4.74 Å². The monoisotopic (exact) mass is 403 g/mol. The Hall–Kier alpha value is -0.550. The van der Waals surface area contributed by atoms with Gasteiger partial charge in [-0.15, -0.1) is 0 Å². The molecule has 1 aliphatic heterocycles. The highest BCUT2D eigenvalue weighted by Crippen LogP contribution is 2.32. The Balaban J connectivity index is 2.03. The van der Waals surface area contributed by atoms with E-state index in [-0.39, 0.29) is 6.09 Å². The van der Waals surface area contributed by atoms with Gasteiger partial charge in [-0.3, -0.25) is 0 Å². The van der Waals surface area contributed by atoms with Gasteiger partial charge in [0.05, 0.1) is 0 Å². The molecular weight excluding hydrogens is 386 g/mol. The Bertz CT molecular complexity index is 491. The van der Waals surface area contributed by atoms with Crippen molar-refractivity contribution in [3.8, 4) is 0 Å². The second-order valence-corrected chi connectivity index (χ2v) is 7.95. The summed E-state index contributed by atoms with van der Waals surface area (Å²) in [6.07, 6.45) is 0.761. The molecule has 1 saturated heterocycles. The van der Waals surface area contributed by atoms with E-state index in [0.29, 0.717) is 5.92 Å². The molecule has 110 valence electrons. The van der Waals surface area contributed by atoms with Crippen LogP contribution >= 0.6 is 31.9 Å². The van der Waals surface area contributed by atoms with Crippen molar-refractivity contribution in [2.45, 2.75) is 38.7 Å². The molecule has 3 nitrogen and oxygen atoms in total. The van der Waals surface area contributed by atoms with Crippen molar-refractivity contribution < 1.29 is 9.53 Å². The van der Waals surface area contributed by atoms with Crippen LogP contribution in [0.2, 0.25) is 0 Å². The number of likely N-dealkylation sites (tertiary alicyclic amines) is 1. The lowest BCUT2D eigenvalue weighted by Gasteiger charge is -2.24. The van der Waals surface area contributed by atoms with Crippen molar-refractivity contribution in [3.63, 3.8) is 0 Å². The number of carbonyl (C=O) groups is 1. The quantitative estimate of drug-likeness (QED) is 0.663. The van der Waals surface area contributed by atoms with E-state index in [0.717, 1.165) is 28.5 Å². The maximum Gasteiger partial charge on any atom is 0.410 e. The second-order valence-electron chi connectivity index (χ2n) is 6.11. The SMILES string of the molecule is CC(C)(C)OC(=O)N1CCC(c2cc(Br)cc(Br)c2)C1. The van der Waals surface area contributed by atoms with Gasteiger partial charge in [-0.25, -0.2) is 4.79 Å². The smallest absolute Gasteiger partial charge is 0.410 e. The summed E-state index contributed by atoms with van der Waals surface area (Å²) in [5, 5.41) is 0. The molecule has 0 N–H and O–H groups in total. The van der Waals surface area contributed by atoms with Crippen LogP contribution in [0.15, 0.2) is 27.1 Å². The van der Waals surface area contributed by atoms with Gasteiger partial charge in [-0.1, -0.05) is 31.9 Å². The summed E-state index contributed by atoms with van der Waals surface area (Å²) in [7, 11) is 0. The van der Waals surface area contributed by atoms with Gasteiger partial charge in [0.1, 0.15) is 5.60 Å². The number of nitrogens with zero attached hydrogens (tertiary/aromatic N) is 1. The van der Waals surface area contributed by atoms with Gasteiger partial charge in [-0.2, -0.15) is 0 Å². The lowest BCUT2D eigenvalue weighted by atomic mass is 9.99. The predicted molar refractivity (Wildman–Crippen MR) is 87.0 cm³/mol. The first kappa shape index (κ1) is 15.8. The summed E-state index contributed by atoms with van der Waals surface area (Å²) in [4.78, 5) is 13.9. The molecule has 0 saturated carbocycles. The third-order valence-corrected chi connectivity index (χ3v) is 4.11. The Morgan fingerprint density at radius 1 is 1.25 bits per heavy atom. The van der Waals surface area contributed by atoms with Crippen LogP contribution in [0.25, 0.3) is 0 Å². The molecular formula is C15H19Br2NO2. The topological polar surface area (TPSA) is 29.5 Å². The minimum absolute atomic E-state index is 0.214. The summed E-state index contributed by atoms with van der Waals surface area (Å²) in [6.45, 7) is 7.15. The highest BCUT2D eigenvalue weighted by atomic mass is 79.9. The van der Waals surface area contributed by atoms with Gasteiger partial charge in [0.15, 0.2) is 0 Å². The molecule has 1 atom stereocenters. The molecule has 0 bridgehead atoms. The summed E-state index contributed by atoms with van der Waals surface area (Å²) < 4.78 is 7.53. The van der Waals surface area contributed by atoms with E-state index < -0.39 is 5.60 Å². The second kappa shape index (κ2) is 6.06. The number of hydrogen-bond donors (Lipinski definition) is 0. The zero-order valence-corrected chi connectivity index (χ0v) is 15.1. The molecule has 0 aromatic heterocycles. The zero-order valence-electron chi connectivity index (χ0n) is 12.0. The minimum Gasteiger partial charge on any atom is -0.444 e. The van der Waals surface area contributed by atoms with E-state index in [4.69, 9.17) is 4.74 Å². The van der Waals surface area contributed by atoms with E-state index in [9.17, 15) is 4.79 Å². The van der Waals surface area contributed by atoms with Crippen molar-refractivity contribution >= 4 is 38.0 Å². The number of rotatable bonds is 1. The number of hydrogen-bond acceptors (Lipinski definition) is 2. The first-order chi connectivity index (χ1) is 9.24. The third-order valence-electron chi connectivity index (χ3n) is 3.20. The standard InChI is InChI=1S/C15H19Br2NO2/c1-15(2,3)20-14(19)18-5-4-10(9-18)11-6-12(16)8-13(17)7-11/h6-8,10H,4-5,9H2,1-3H3. The predicted octanol–water partition coefficient (Wildman–Crippen LogP) is 4.94. The average Bonchev–Trinajstić information content (AvgIpc) is 2.74. The van der Waals surface area contributed by atoms with Crippen molar-refractivity contribution in [1.82, 2.24) is 4.90 Å². The summed E-state index contributed by atoms with van der Waals surface area (Å²) >= 11 is 7.02. The zero-order chi connectivity index (χ0) is 14.9. The third kappa shape index (κ3) is 4.22. The van der Waals surface area contributed by atoms with Gasteiger partial charge < -0.3 is 9.64 Å². The normalized spacial score (nSPS) is 19.2. The van der Waals surface area contributed by atoms with Crippen LogP contribution in [0.1, 0.15) is 38.7 Å². The number of halogens is 2. The Labute approximate surface area is 136 Å². The molecule has 2 rings (SSSR count). The van der Waals surface area contributed by atoms with Crippen molar-refractivity contribution in [2.75, 3.05) is 13.1 Å². The van der Waals surface area contributed by atoms with Crippen LogP contribution in [0.4, 0.5) is 4.79 Å². The molecule has 0 aliphatic carbocycles. The van der Waals surface area contributed by atoms with E-state index in [1.165, 1.54) is 5.56 Å². The van der Waals surface area contributed by atoms with Gasteiger partial charge in [0, 0.05) is 28.0 Å². The van der Waals surface area contributed by atoms with Crippen molar-refractivity contribution in [1.29, 1.82) is 0 Å². The first-order valence-corrected chi connectivity index (χ1v) is 8.27. The largest absolute Gasteiger partial charge is 0.444 e. The highest BCUT2D eigenvalue weighted by molar-refractivity contribution is 9.11. The van der Waals surface area contributed by atoms with E-state index in [1.807, 2.05) is 26.8 Å². The molecule has 1 unspecified atom stereocenters. The molecule has 1 aromatic rings. The molecule has 1 heterocycles. The summed E-state index contributed by atoms with van der Waals surface area (Å²) in [6, 6.07) is 6.26. The molecule has 1 amide bonds. The Morgan fingerprint density at radius 2 is 1.85 bits per heavy atom. The number of ether oxygens (including phenoxy) is 1. The van der Waals surface area contributed by atoms with Gasteiger partial charge in [0.25, 0.3) is 0 Å². The Morgan fingerprint density at radius 3 is 2.40 bits per heavy atom. The lowest BCUT2D eigenvalue weighted by Crippen LogP contribution is -2.35. The minimum atomic E-state index is -0.437.